The maximum atomic E-state index is 11.6. The van der Waals surface area contributed by atoms with Gasteiger partial charge in [-0.25, -0.2) is 0 Å². The van der Waals surface area contributed by atoms with Crippen molar-refractivity contribution < 1.29 is 9.53 Å². The van der Waals surface area contributed by atoms with E-state index in [9.17, 15) is 4.79 Å². The Bertz CT molecular complexity index is 948. The monoisotopic (exact) mass is 596 g/mol. The molecule has 0 aliphatic carbocycles. The van der Waals surface area contributed by atoms with Gasteiger partial charge in [0.15, 0.2) is 0 Å². The predicted molar refractivity (Wildman–Crippen MR) is 158 cm³/mol. The van der Waals surface area contributed by atoms with E-state index in [1.807, 2.05) is 17.8 Å². The zero-order chi connectivity index (χ0) is 23.0. The van der Waals surface area contributed by atoms with Crippen molar-refractivity contribution in [2.45, 2.75) is 29.1 Å². The highest BCUT2D eigenvalue weighted by molar-refractivity contribution is 7.99. The number of para-hydroxylation sites is 1. The number of rotatable bonds is 10. The number of fused-ring (bicyclic) bond motifs is 2. The average Bonchev–Trinajstić information content (AvgIpc) is 2.83. The third kappa shape index (κ3) is 9.14. The van der Waals surface area contributed by atoms with E-state index in [-0.39, 0.29) is 43.2 Å². The van der Waals surface area contributed by atoms with Gasteiger partial charge in [0, 0.05) is 60.5 Å². The van der Waals surface area contributed by atoms with E-state index in [2.05, 4.69) is 51.1 Å². The topological polar surface area (TPSA) is 62.0 Å². The van der Waals surface area contributed by atoms with Gasteiger partial charge in [-0.1, -0.05) is 35.5 Å². The molecule has 0 aromatic heterocycles. The van der Waals surface area contributed by atoms with Crippen LogP contribution in [0, 0.1) is 0 Å². The minimum Gasteiger partial charge on any atom is -0.464 e. The van der Waals surface area contributed by atoms with Crippen LogP contribution in [0.1, 0.15) is 19.3 Å². The Labute approximate surface area is 242 Å². The molecule has 0 unspecified atom stereocenters. The van der Waals surface area contributed by atoms with Gasteiger partial charge in [-0.05, 0) is 56.3 Å². The van der Waals surface area contributed by atoms with Crippen molar-refractivity contribution in [3.63, 3.8) is 0 Å². The molecule has 11 heteroatoms. The summed E-state index contributed by atoms with van der Waals surface area (Å²) in [5.41, 5.74) is 7.90. The number of esters is 1. The van der Waals surface area contributed by atoms with Crippen molar-refractivity contribution in [3.05, 3.63) is 47.5 Å². The molecule has 2 heterocycles. The Balaban J connectivity index is 0.00000216. The molecule has 0 amide bonds. The summed E-state index contributed by atoms with van der Waals surface area (Å²) in [7, 11) is 0. The summed E-state index contributed by atoms with van der Waals surface area (Å²) >= 11 is 8.15. The van der Waals surface area contributed by atoms with Gasteiger partial charge in [-0.2, -0.15) is 0 Å². The van der Waals surface area contributed by atoms with Crippen LogP contribution in [0.5, 0.6) is 0 Å². The number of piperazine rings is 1. The van der Waals surface area contributed by atoms with Crippen molar-refractivity contribution in [3.8, 4) is 0 Å². The van der Waals surface area contributed by atoms with Crippen molar-refractivity contribution in [2.24, 2.45) is 5.73 Å². The van der Waals surface area contributed by atoms with Crippen LogP contribution in [0.25, 0.3) is 0 Å². The largest absolute Gasteiger partial charge is 0.464 e. The number of carbonyl (C=O) groups excluding carboxylic acids is 1. The van der Waals surface area contributed by atoms with Gasteiger partial charge in [0.05, 0.1) is 11.4 Å². The number of nitrogens with two attached hydrogens (primary N) is 1. The third-order valence-corrected chi connectivity index (χ3v) is 7.53. The zero-order valence-electron chi connectivity index (χ0n) is 20.3. The molecule has 1 fully saturated rings. The van der Waals surface area contributed by atoms with E-state index < -0.39 is 0 Å². The molecule has 2 aromatic carbocycles. The molecular weight excluding hydrogens is 562 g/mol. The molecule has 202 valence electrons. The highest BCUT2D eigenvalue weighted by Gasteiger charge is 2.24. The van der Waals surface area contributed by atoms with E-state index in [4.69, 9.17) is 22.1 Å². The minimum atomic E-state index is -0.139. The molecule has 1 saturated heterocycles. The maximum Gasteiger partial charge on any atom is 0.305 e. The van der Waals surface area contributed by atoms with E-state index in [0.29, 0.717) is 26.0 Å². The fraction of sp³-hybridized carbons (Fsp3) is 0.480. The second-order valence-corrected chi connectivity index (χ2v) is 10.0. The first-order valence-corrected chi connectivity index (χ1v) is 13.0. The van der Waals surface area contributed by atoms with Crippen LogP contribution in [0.4, 0.5) is 11.4 Å². The summed E-state index contributed by atoms with van der Waals surface area (Å²) in [5, 5.41) is 0.778. The Morgan fingerprint density at radius 2 is 1.56 bits per heavy atom. The molecule has 0 atom stereocenters. The maximum absolute atomic E-state index is 11.6. The lowest BCUT2D eigenvalue weighted by Crippen LogP contribution is -2.47. The molecule has 0 spiro atoms. The molecule has 2 aliphatic rings. The van der Waals surface area contributed by atoms with E-state index in [1.54, 1.807) is 0 Å². The quantitative estimate of drug-likeness (QED) is 0.363. The third-order valence-electron chi connectivity index (χ3n) is 6.16. The highest BCUT2D eigenvalue weighted by Crippen LogP contribution is 2.48. The SMILES string of the molecule is Cl.Cl.Cl.NCCCC(=O)OCCN1CCN(CCCN2c3ccccc3Sc3ccc(Cl)cc32)CC1. The molecule has 0 radical (unpaired) electrons. The summed E-state index contributed by atoms with van der Waals surface area (Å²) in [6.45, 7) is 7.98. The van der Waals surface area contributed by atoms with Crippen LogP contribution < -0.4 is 10.6 Å². The number of ether oxygens (including phenoxy) is 1. The first-order valence-electron chi connectivity index (χ1n) is 11.8. The molecule has 2 aromatic rings. The van der Waals surface area contributed by atoms with Gasteiger partial charge < -0.3 is 20.3 Å². The summed E-state index contributed by atoms with van der Waals surface area (Å²) in [6.07, 6.45) is 2.20. The molecule has 0 saturated carbocycles. The summed E-state index contributed by atoms with van der Waals surface area (Å²) < 4.78 is 5.31. The molecule has 2 aliphatic heterocycles. The Morgan fingerprint density at radius 1 is 0.889 bits per heavy atom. The highest BCUT2D eigenvalue weighted by atomic mass is 35.5. The lowest BCUT2D eigenvalue weighted by molar-refractivity contribution is -0.144. The summed E-state index contributed by atoms with van der Waals surface area (Å²) in [4.78, 5) is 21.5. The van der Waals surface area contributed by atoms with E-state index in [1.165, 1.54) is 21.2 Å². The van der Waals surface area contributed by atoms with E-state index in [0.717, 1.165) is 57.3 Å². The van der Waals surface area contributed by atoms with Gasteiger partial charge in [0.2, 0.25) is 0 Å². The number of hydrogen-bond acceptors (Lipinski definition) is 7. The number of hydrogen-bond donors (Lipinski definition) is 1. The van der Waals surface area contributed by atoms with Crippen molar-refractivity contribution >= 4 is 77.9 Å². The molecule has 6 nitrogen and oxygen atoms in total. The van der Waals surface area contributed by atoms with Gasteiger partial charge >= 0.3 is 5.97 Å². The van der Waals surface area contributed by atoms with Crippen LogP contribution in [-0.2, 0) is 9.53 Å². The van der Waals surface area contributed by atoms with Crippen molar-refractivity contribution in [1.29, 1.82) is 0 Å². The number of nitrogens with zero attached hydrogens (tertiary/aromatic N) is 3. The van der Waals surface area contributed by atoms with E-state index >= 15 is 0 Å². The lowest BCUT2D eigenvalue weighted by atomic mass is 10.2. The van der Waals surface area contributed by atoms with Crippen LogP contribution in [0.15, 0.2) is 52.3 Å². The van der Waals surface area contributed by atoms with Crippen molar-refractivity contribution in [1.82, 2.24) is 9.80 Å². The molecule has 2 N–H and O–H groups in total. The first-order chi connectivity index (χ1) is 16.1. The van der Waals surface area contributed by atoms with Crippen LogP contribution in [0.3, 0.4) is 0 Å². The van der Waals surface area contributed by atoms with Crippen LogP contribution in [0.2, 0.25) is 5.02 Å². The molecular formula is C25H36Cl4N4O2S. The number of carbonyl (C=O) groups is 1. The lowest BCUT2D eigenvalue weighted by Gasteiger charge is -2.36. The van der Waals surface area contributed by atoms with Crippen LogP contribution >= 0.6 is 60.6 Å². The zero-order valence-corrected chi connectivity index (χ0v) is 24.3. The summed E-state index contributed by atoms with van der Waals surface area (Å²) in [6, 6.07) is 14.8. The predicted octanol–water partition coefficient (Wildman–Crippen LogP) is 5.50. The average molecular weight is 598 g/mol. The molecule has 0 bridgehead atoms. The van der Waals surface area contributed by atoms with Crippen molar-refractivity contribution in [2.75, 3.05) is 63.9 Å². The Hall–Kier alpha value is -0.900. The fourth-order valence-corrected chi connectivity index (χ4v) is 5.58. The van der Waals surface area contributed by atoms with Gasteiger partial charge in [0.25, 0.3) is 0 Å². The Morgan fingerprint density at radius 3 is 2.28 bits per heavy atom. The second kappa shape index (κ2) is 16.8. The van der Waals surface area contributed by atoms with Gasteiger partial charge in [0.1, 0.15) is 6.61 Å². The first kappa shape index (κ1) is 33.1. The molecule has 36 heavy (non-hydrogen) atoms. The standard InChI is InChI=1S/C25H33ClN4O2S.3ClH/c26-20-8-9-24-22(19-20)30(21-5-1-2-6-23(21)33-24)12-4-11-28-13-15-29(16-14-28)17-18-32-25(31)7-3-10-27;;;/h1-2,5-6,8-9,19H,3-4,7,10-18,27H2;3*1H. The number of anilines is 2. The normalized spacial score (nSPS) is 15.0. The number of benzene rings is 2. The van der Waals surface area contributed by atoms with Gasteiger partial charge in [-0.15, -0.1) is 37.2 Å². The van der Waals surface area contributed by atoms with Gasteiger partial charge in [-0.3, -0.25) is 9.69 Å². The molecule has 4 rings (SSSR count). The fourth-order valence-electron chi connectivity index (χ4n) is 4.34. The second-order valence-electron chi connectivity index (χ2n) is 8.48. The minimum absolute atomic E-state index is 0. The summed E-state index contributed by atoms with van der Waals surface area (Å²) in [5.74, 6) is -0.139. The smallest absolute Gasteiger partial charge is 0.305 e. The Kier molecular flexibility index (Phi) is 15.5. The number of halogens is 4. The van der Waals surface area contributed by atoms with Crippen LogP contribution in [-0.4, -0.2) is 74.7 Å².